The van der Waals surface area contributed by atoms with Gasteiger partial charge in [0.2, 0.25) is 0 Å². The molecule has 0 aliphatic rings. The Morgan fingerprint density at radius 2 is 1.38 bits per heavy atom. The van der Waals surface area contributed by atoms with Gasteiger partial charge in [-0.25, -0.2) is 0 Å². The van der Waals surface area contributed by atoms with Crippen LogP contribution >= 0.6 is 0 Å². The Hall–Kier alpha value is -0.860. The van der Waals surface area contributed by atoms with E-state index in [4.69, 9.17) is 0 Å². The Labute approximate surface area is 131 Å². The second-order valence-electron chi connectivity index (χ2n) is 6.16. The number of benzene rings is 1. The third kappa shape index (κ3) is 10.5. The van der Waals surface area contributed by atoms with E-state index in [0.717, 1.165) is 6.54 Å². The summed E-state index contributed by atoms with van der Waals surface area (Å²) in [6.07, 6.45) is 11.1. The van der Waals surface area contributed by atoms with Crippen LogP contribution in [-0.2, 0) is 6.54 Å². The summed E-state index contributed by atoms with van der Waals surface area (Å²) in [7, 11) is 4.27. The minimum absolute atomic E-state index is 1.08. The molecule has 0 bridgehead atoms. The molecule has 1 aromatic rings. The number of nitrogens with one attached hydrogen (secondary N) is 1. The molecule has 0 radical (unpaired) electrons. The fraction of sp³-hybridized carbons (Fsp3) is 0.684. The summed E-state index contributed by atoms with van der Waals surface area (Å²) in [5.41, 5.74) is 1.42. The first kappa shape index (κ1) is 18.2. The van der Waals surface area contributed by atoms with Crippen molar-refractivity contribution in [1.29, 1.82) is 0 Å². The summed E-state index contributed by atoms with van der Waals surface area (Å²) in [6, 6.07) is 10.8. The number of rotatable bonds is 13. The van der Waals surface area contributed by atoms with E-state index >= 15 is 0 Å². The van der Waals surface area contributed by atoms with Gasteiger partial charge in [-0.1, -0.05) is 68.9 Å². The molecule has 0 unspecified atom stereocenters. The summed E-state index contributed by atoms with van der Waals surface area (Å²) in [5.74, 6) is 0. The highest BCUT2D eigenvalue weighted by molar-refractivity contribution is 5.14. The summed E-state index contributed by atoms with van der Waals surface area (Å²) in [4.78, 5) is 2.44. The lowest BCUT2D eigenvalue weighted by Gasteiger charge is -2.16. The van der Waals surface area contributed by atoms with E-state index < -0.39 is 0 Å². The van der Waals surface area contributed by atoms with Crippen LogP contribution in [0.3, 0.4) is 0 Å². The van der Waals surface area contributed by atoms with Crippen molar-refractivity contribution in [3.05, 3.63) is 35.9 Å². The Kier molecular flexibility index (Phi) is 11.1. The monoisotopic (exact) mass is 290 g/mol. The van der Waals surface area contributed by atoms with Crippen LogP contribution in [0.5, 0.6) is 0 Å². The summed E-state index contributed by atoms with van der Waals surface area (Å²) in [5, 5.41) is 3.21. The summed E-state index contributed by atoms with van der Waals surface area (Å²) >= 11 is 0. The van der Waals surface area contributed by atoms with Crippen molar-refractivity contribution in [2.24, 2.45) is 0 Å². The molecule has 0 heterocycles. The first-order valence-corrected chi connectivity index (χ1v) is 8.70. The van der Waals surface area contributed by atoms with E-state index in [2.05, 4.69) is 47.6 Å². The van der Waals surface area contributed by atoms with Crippen LogP contribution in [0.1, 0.15) is 56.9 Å². The van der Waals surface area contributed by atoms with Crippen LogP contribution < -0.4 is 5.32 Å². The van der Waals surface area contributed by atoms with Crippen molar-refractivity contribution in [3.63, 3.8) is 0 Å². The van der Waals surface area contributed by atoms with E-state index in [1.165, 1.54) is 70.0 Å². The van der Waals surface area contributed by atoms with Crippen LogP contribution in [-0.4, -0.2) is 32.1 Å². The largest absolute Gasteiger partial charge is 0.320 e. The Morgan fingerprint density at radius 3 is 2.00 bits per heavy atom. The second kappa shape index (κ2) is 12.8. The predicted molar refractivity (Wildman–Crippen MR) is 93.6 cm³/mol. The molecule has 0 saturated heterocycles. The molecule has 0 fully saturated rings. The van der Waals surface area contributed by atoms with Gasteiger partial charge >= 0.3 is 0 Å². The lowest BCUT2D eigenvalue weighted by molar-refractivity contribution is 0.316. The third-order valence-corrected chi connectivity index (χ3v) is 4.01. The normalized spacial score (nSPS) is 11.2. The van der Waals surface area contributed by atoms with Crippen LogP contribution in [0.4, 0.5) is 0 Å². The van der Waals surface area contributed by atoms with E-state index in [9.17, 15) is 0 Å². The van der Waals surface area contributed by atoms with Gasteiger partial charge in [0.05, 0.1) is 0 Å². The molecule has 0 saturated carbocycles. The second-order valence-corrected chi connectivity index (χ2v) is 6.16. The van der Waals surface area contributed by atoms with E-state index in [1.807, 2.05) is 7.05 Å². The van der Waals surface area contributed by atoms with E-state index in [0.29, 0.717) is 0 Å². The minimum Gasteiger partial charge on any atom is -0.320 e. The van der Waals surface area contributed by atoms with Gasteiger partial charge in [0.15, 0.2) is 0 Å². The zero-order valence-electron chi connectivity index (χ0n) is 14.1. The Morgan fingerprint density at radius 1 is 0.810 bits per heavy atom. The van der Waals surface area contributed by atoms with Crippen LogP contribution in [0, 0.1) is 0 Å². The maximum atomic E-state index is 3.21. The predicted octanol–water partition coefficient (Wildman–Crippen LogP) is 4.46. The molecule has 0 aliphatic carbocycles. The Balaban J connectivity index is 1.87. The van der Waals surface area contributed by atoms with Gasteiger partial charge in [0, 0.05) is 6.54 Å². The summed E-state index contributed by atoms with van der Waals surface area (Å²) < 4.78 is 0. The zero-order valence-corrected chi connectivity index (χ0v) is 14.1. The average molecular weight is 290 g/mol. The minimum atomic E-state index is 1.08. The molecule has 1 rings (SSSR count). The van der Waals surface area contributed by atoms with Crippen LogP contribution in [0.2, 0.25) is 0 Å². The topological polar surface area (TPSA) is 15.3 Å². The van der Waals surface area contributed by atoms with Gasteiger partial charge in [-0.3, -0.25) is 0 Å². The van der Waals surface area contributed by atoms with Gasteiger partial charge in [0.1, 0.15) is 0 Å². The summed E-state index contributed by atoms with van der Waals surface area (Å²) in [6.45, 7) is 3.47. The molecule has 0 atom stereocenters. The van der Waals surface area contributed by atoms with Crippen molar-refractivity contribution in [2.45, 2.75) is 57.9 Å². The molecule has 0 aromatic heterocycles. The zero-order chi connectivity index (χ0) is 15.2. The fourth-order valence-corrected chi connectivity index (χ4v) is 2.72. The quantitative estimate of drug-likeness (QED) is 0.540. The van der Waals surface area contributed by atoms with Crippen molar-refractivity contribution in [1.82, 2.24) is 10.2 Å². The maximum Gasteiger partial charge on any atom is 0.0230 e. The molecule has 1 N–H and O–H groups in total. The van der Waals surface area contributed by atoms with Gasteiger partial charge in [-0.15, -0.1) is 0 Å². The number of hydrogen-bond acceptors (Lipinski definition) is 2. The molecule has 0 amide bonds. The van der Waals surface area contributed by atoms with E-state index in [-0.39, 0.29) is 0 Å². The third-order valence-electron chi connectivity index (χ3n) is 4.01. The number of unbranched alkanes of at least 4 members (excludes halogenated alkanes) is 7. The lowest BCUT2D eigenvalue weighted by Crippen LogP contribution is -2.18. The molecular formula is C19H34N2. The highest BCUT2D eigenvalue weighted by Crippen LogP contribution is 2.09. The SMILES string of the molecule is CNCCCCCCCCCCN(C)Cc1ccccc1. The number of nitrogens with zero attached hydrogens (tertiary/aromatic N) is 1. The average Bonchev–Trinajstić information content (AvgIpc) is 2.50. The molecule has 1 aromatic carbocycles. The first-order chi connectivity index (χ1) is 10.3. The smallest absolute Gasteiger partial charge is 0.0230 e. The van der Waals surface area contributed by atoms with Crippen LogP contribution in [0.25, 0.3) is 0 Å². The molecular weight excluding hydrogens is 256 g/mol. The van der Waals surface area contributed by atoms with Crippen LogP contribution in [0.15, 0.2) is 30.3 Å². The molecule has 0 spiro atoms. The van der Waals surface area contributed by atoms with Crippen molar-refractivity contribution >= 4 is 0 Å². The highest BCUT2D eigenvalue weighted by Gasteiger charge is 1.99. The lowest BCUT2D eigenvalue weighted by atomic mass is 10.1. The maximum absolute atomic E-state index is 3.21. The molecule has 2 heteroatoms. The first-order valence-electron chi connectivity index (χ1n) is 8.70. The highest BCUT2D eigenvalue weighted by atomic mass is 15.1. The van der Waals surface area contributed by atoms with Crippen molar-refractivity contribution in [3.8, 4) is 0 Å². The van der Waals surface area contributed by atoms with Gasteiger partial charge in [-0.2, -0.15) is 0 Å². The standard InChI is InChI=1S/C19H34N2/c1-20-16-12-7-5-3-4-6-8-13-17-21(2)18-19-14-10-9-11-15-19/h9-11,14-15,20H,3-8,12-13,16-18H2,1-2H3. The molecule has 21 heavy (non-hydrogen) atoms. The van der Waals surface area contributed by atoms with Crippen molar-refractivity contribution < 1.29 is 0 Å². The molecule has 0 aliphatic heterocycles. The van der Waals surface area contributed by atoms with Crippen molar-refractivity contribution in [2.75, 3.05) is 27.2 Å². The Bertz CT molecular complexity index is 324. The van der Waals surface area contributed by atoms with E-state index in [1.54, 1.807) is 0 Å². The molecule has 2 nitrogen and oxygen atoms in total. The van der Waals surface area contributed by atoms with Gasteiger partial charge in [0.25, 0.3) is 0 Å². The number of hydrogen-bond donors (Lipinski definition) is 1. The fourth-order valence-electron chi connectivity index (χ4n) is 2.72. The van der Waals surface area contributed by atoms with Gasteiger partial charge < -0.3 is 10.2 Å². The van der Waals surface area contributed by atoms with Gasteiger partial charge in [-0.05, 0) is 45.6 Å². The molecule has 120 valence electrons.